The molecule has 4 rings (SSSR count). The molecular weight excluding hydrogens is 472 g/mol. The lowest BCUT2D eigenvalue weighted by atomic mass is 10.0. The molecule has 0 aliphatic carbocycles. The first kappa shape index (κ1) is 24.9. The van der Waals surface area contributed by atoms with Crippen molar-refractivity contribution in [3.63, 3.8) is 0 Å². The standard InChI is InChI=1S/C24H26N4O6S/c29-12-15-1-3-16(4-2-15)20-11-19(13-35-24-25-14-26-28-24)33-23(34-20)17-5-7-18(8-6-17)27-21(30)9-10-22(31)32/h1-8,14,19-20,23,29H,9-13H2,(H,27,30)(H,31,32)(H,25,26,28). The molecule has 3 unspecified atom stereocenters. The Labute approximate surface area is 206 Å². The number of hydrogen-bond acceptors (Lipinski definition) is 8. The molecule has 1 amide bonds. The number of thioether (sulfide) groups is 1. The SMILES string of the molecule is O=C(O)CCC(=O)Nc1ccc(C2OC(CSc3ncn[nH]3)CC(c3ccc(CO)cc3)O2)cc1. The highest BCUT2D eigenvalue weighted by atomic mass is 32.2. The first-order valence-electron chi connectivity index (χ1n) is 11.1. The highest BCUT2D eigenvalue weighted by molar-refractivity contribution is 7.99. The quantitative estimate of drug-likeness (QED) is 0.309. The number of aromatic nitrogens is 3. The van der Waals surface area contributed by atoms with Crippen LogP contribution in [-0.4, -0.2) is 49.1 Å². The van der Waals surface area contributed by atoms with Gasteiger partial charge in [0.25, 0.3) is 0 Å². The number of aliphatic hydroxyl groups excluding tert-OH is 1. The van der Waals surface area contributed by atoms with E-state index in [1.807, 2.05) is 36.4 Å². The van der Waals surface area contributed by atoms with Gasteiger partial charge in [-0.05, 0) is 23.3 Å². The van der Waals surface area contributed by atoms with Crippen LogP contribution < -0.4 is 5.32 Å². The molecule has 11 heteroatoms. The summed E-state index contributed by atoms with van der Waals surface area (Å²) in [6.45, 7) is -0.0207. The molecule has 2 heterocycles. The van der Waals surface area contributed by atoms with E-state index in [1.54, 1.807) is 12.1 Å². The summed E-state index contributed by atoms with van der Waals surface area (Å²) < 4.78 is 12.6. The van der Waals surface area contributed by atoms with Crippen molar-refractivity contribution in [3.8, 4) is 0 Å². The zero-order chi connectivity index (χ0) is 24.6. The highest BCUT2D eigenvalue weighted by Crippen LogP contribution is 2.39. The highest BCUT2D eigenvalue weighted by Gasteiger charge is 2.32. The Morgan fingerprint density at radius 3 is 2.46 bits per heavy atom. The Kier molecular flexibility index (Phi) is 8.48. The number of aliphatic hydroxyl groups is 1. The number of nitrogens with zero attached hydrogens (tertiary/aromatic N) is 2. The number of amides is 1. The van der Waals surface area contributed by atoms with Gasteiger partial charge in [0.2, 0.25) is 5.91 Å². The molecule has 1 saturated heterocycles. The molecule has 35 heavy (non-hydrogen) atoms. The third-order valence-corrected chi connectivity index (χ3v) is 6.45. The van der Waals surface area contributed by atoms with E-state index in [-0.39, 0.29) is 37.6 Å². The summed E-state index contributed by atoms with van der Waals surface area (Å²) in [4.78, 5) is 26.7. The molecule has 1 aromatic heterocycles. The summed E-state index contributed by atoms with van der Waals surface area (Å²) in [7, 11) is 0. The molecule has 10 nitrogen and oxygen atoms in total. The minimum absolute atomic E-state index is 0.0207. The Morgan fingerprint density at radius 1 is 1.06 bits per heavy atom. The van der Waals surface area contributed by atoms with E-state index in [9.17, 15) is 14.7 Å². The van der Waals surface area contributed by atoms with Crippen molar-refractivity contribution >= 4 is 29.3 Å². The van der Waals surface area contributed by atoms with Gasteiger partial charge in [-0.2, -0.15) is 5.10 Å². The summed E-state index contributed by atoms with van der Waals surface area (Å²) in [6, 6.07) is 14.8. The van der Waals surface area contributed by atoms with Crippen molar-refractivity contribution in [2.75, 3.05) is 11.1 Å². The first-order valence-corrected chi connectivity index (χ1v) is 12.1. The van der Waals surface area contributed by atoms with Gasteiger partial charge >= 0.3 is 5.97 Å². The van der Waals surface area contributed by atoms with Crippen molar-refractivity contribution < 1.29 is 29.3 Å². The number of nitrogens with one attached hydrogen (secondary N) is 2. The molecule has 0 radical (unpaired) electrons. The maximum Gasteiger partial charge on any atom is 0.303 e. The number of carboxylic acids is 1. The van der Waals surface area contributed by atoms with Crippen LogP contribution in [0.3, 0.4) is 0 Å². The second-order valence-electron chi connectivity index (χ2n) is 8.02. The Balaban J connectivity index is 1.45. The van der Waals surface area contributed by atoms with Gasteiger partial charge in [0.15, 0.2) is 11.4 Å². The first-order chi connectivity index (χ1) is 17.0. The third-order valence-electron chi connectivity index (χ3n) is 5.45. The predicted octanol–water partition coefficient (Wildman–Crippen LogP) is 3.44. The third kappa shape index (κ3) is 7.12. The maximum absolute atomic E-state index is 11.9. The molecule has 0 spiro atoms. The van der Waals surface area contributed by atoms with Gasteiger partial charge in [-0.15, -0.1) is 0 Å². The van der Waals surface area contributed by atoms with E-state index in [2.05, 4.69) is 20.5 Å². The summed E-state index contributed by atoms with van der Waals surface area (Å²) in [5.74, 6) is -0.724. The lowest BCUT2D eigenvalue weighted by molar-refractivity contribution is -0.245. The minimum Gasteiger partial charge on any atom is -0.481 e. The fourth-order valence-electron chi connectivity index (χ4n) is 3.63. The normalized spacial score (nSPS) is 19.9. The molecular formula is C24H26N4O6S. The van der Waals surface area contributed by atoms with Crippen molar-refractivity contribution in [3.05, 3.63) is 71.5 Å². The number of carbonyl (C=O) groups excluding carboxylic acids is 1. The van der Waals surface area contributed by atoms with Crippen molar-refractivity contribution in [1.29, 1.82) is 0 Å². The zero-order valence-electron chi connectivity index (χ0n) is 18.8. The molecule has 3 aromatic rings. The van der Waals surface area contributed by atoms with E-state index in [0.717, 1.165) is 16.7 Å². The maximum atomic E-state index is 11.9. The van der Waals surface area contributed by atoms with Gasteiger partial charge in [0, 0.05) is 29.8 Å². The van der Waals surface area contributed by atoms with Crippen molar-refractivity contribution in [2.45, 2.75) is 49.5 Å². The number of rotatable bonds is 10. The predicted molar refractivity (Wildman–Crippen MR) is 127 cm³/mol. The Bertz CT molecular complexity index is 1110. The summed E-state index contributed by atoms with van der Waals surface area (Å²) >= 11 is 1.52. The van der Waals surface area contributed by atoms with Crippen LogP contribution in [0.5, 0.6) is 0 Å². The molecule has 2 aromatic carbocycles. The summed E-state index contributed by atoms with van der Waals surface area (Å²) in [5, 5.41) is 28.2. The molecule has 1 aliphatic heterocycles. The average molecular weight is 499 g/mol. The van der Waals surface area contributed by atoms with Crippen LogP contribution >= 0.6 is 11.8 Å². The lowest BCUT2D eigenvalue weighted by Crippen LogP contribution is -2.31. The van der Waals surface area contributed by atoms with Crippen LogP contribution in [0.1, 0.15) is 48.3 Å². The van der Waals surface area contributed by atoms with E-state index in [4.69, 9.17) is 14.6 Å². The van der Waals surface area contributed by atoms with Crippen molar-refractivity contribution in [1.82, 2.24) is 15.2 Å². The van der Waals surface area contributed by atoms with Crippen LogP contribution in [0, 0.1) is 0 Å². The Hall–Kier alpha value is -3.25. The van der Waals surface area contributed by atoms with Gasteiger partial charge in [-0.25, -0.2) is 4.98 Å². The smallest absolute Gasteiger partial charge is 0.303 e. The zero-order valence-corrected chi connectivity index (χ0v) is 19.6. The molecule has 1 fully saturated rings. The van der Waals surface area contributed by atoms with Gasteiger partial charge in [-0.1, -0.05) is 48.2 Å². The van der Waals surface area contributed by atoms with E-state index >= 15 is 0 Å². The summed E-state index contributed by atoms with van der Waals surface area (Å²) in [5.41, 5.74) is 3.18. The molecule has 3 atom stereocenters. The van der Waals surface area contributed by atoms with Crippen LogP contribution in [0.25, 0.3) is 0 Å². The van der Waals surface area contributed by atoms with Crippen LogP contribution in [0.4, 0.5) is 5.69 Å². The number of anilines is 1. The molecule has 184 valence electrons. The topological polar surface area (TPSA) is 147 Å². The number of benzene rings is 2. The number of aliphatic carboxylic acids is 1. The molecule has 0 bridgehead atoms. The van der Waals surface area contributed by atoms with Crippen LogP contribution in [-0.2, 0) is 25.7 Å². The average Bonchev–Trinajstić information content (AvgIpc) is 3.40. The molecule has 4 N–H and O–H groups in total. The fraction of sp³-hybridized carbons (Fsp3) is 0.333. The number of carbonyl (C=O) groups is 2. The van der Waals surface area contributed by atoms with E-state index < -0.39 is 12.3 Å². The number of carboxylic acid groups (broad SMARTS) is 1. The second kappa shape index (κ2) is 11.9. The monoisotopic (exact) mass is 498 g/mol. The van der Waals surface area contributed by atoms with Crippen LogP contribution in [0.2, 0.25) is 0 Å². The second-order valence-corrected chi connectivity index (χ2v) is 9.02. The van der Waals surface area contributed by atoms with E-state index in [1.165, 1.54) is 18.1 Å². The fourth-order valence-corrected chi connectivity index (χ4v) is 4.42. The van der Waals surface area contributed by atoms with E-state index in [0.29, 0.717) is 23.0 Å². The molecule has 1 aliphatic rings. The van der Waals surface area contributed by atoms with Gasteiger partial charge in [0.05, 0.1) is 25.2 Å². The van der Waals surface area contributed by atoms with Gasteiger partial charge < -0.3 is 25.0 Å². The van der Waals surface area contributed by atoms with Crippen LogP contribution in [0.15, 0.2) is 60.0 Å². The number of aromatic amines is 1. The molecule has 0 saturated carbocycles. The minimum atomic E-state index is -1.02. The van der Waals surface area contributed by atoms with Gasteiger partial charge in [0.1, 0.15) is 6.33 Å². The van der Waals surface area contributed by atoms with Crippen molar-refractivity contribution in [2.24, 2.45) is 0 Å². The number of H-pyrrole nitrogens is 1. The Morgan fingerprint density at radius 2 is 1.80 bits per heavy atom. The lowest BCUT2D eigenvalue weighted by Gasteiger charge is -2.36. The summed E-state index contributed by atoms with van der Waals surface area (Å²) in [6.07, 6.45) is 0.842. The number of ether oxygens (including phenoxy) is 2. The largest absolute Gasteiger partial charge is 0.481 e. The number of hydrogen-bond donors (Lipinski definition) is 4. The van der Waals surface area contributed by atoms with Gasteiger partial charge in [-0.3, -0.25) is 14.7 Å².